The van der Waals surface area contributed by atoms with E-state index in [0.29, 0.717) is 11.5 Å². The second kappa shape index (κ2) is 5.89. The number of amides is 1. The maximum Gasteiger partial charge on any atom is 0.346 e. The molecule has 0 unspecified atom stereocenters. The Balaban J connectivity index is 1.80. The quantitative estimate of drug-likeness (QED) is 0.609. The SMILES string of the molecule is C/C(CN1C(=O)c2ccccc2S1(=O)=O)=N/Nc1ccnc(=O)[nH]1. The molecule has 0 fully saturated rings. The zero-order chi connectivity index (χ0) is 17.3. The van der Waals surface area contributed by atoms with E-state index in [1.165, 1.54) is 24.4 Å². The number of H-pyrrole nitrogens is 1. The lowest BCUT2D eigenvalue weighted by Gasteiger charge is -2.14. The van der Waals surface area contributed by atoms with Gasteiger partial charge in [-0.05, 0) is 25.1 Å². The maximum absolute atomic E-state index is 12.4. The molecule has 0 bridgehead atoms. The van der Waals surface area contributed by atoms with Crippen LogP contribution in [0.2, 0.25) is 0 Å². The molecule has 0 spiro atoms. The number of nitrogens with one attached hydrogen (secondary N) is 2. The Bertz CT molecular complexity index is 996. The van der Waals surface area contributed by atoms with Crippen molar-refractivity contribution in [3.8, 4) is 0 Å². The number of hydrogen-bond donors (Lipinski definition) is 2. The number of sulfonamides is 1. The highest BCUT2D eigenvalue weighted by molar-refractivity contribution is 7.90. The molecule has 1 aromatic carbocycles. The first-order valence-corrected chi connectivity index (χ1v) is 8.34. The lowest BCUT2D eigenvalue weighted by atomic mass is 10.2. The smallest absolute Gasteiger partial charge is 0.291 e. The van der Waals surface area contributed by atoms with Crippen LogP contribution in [0.1, 0.15) is 17.3 Å². The normalized spacial score (nSPS) is 16.1. The van der Waals surface area contributed by atoms with E-state index < -0.39 is 21.6 Å². The highest BCUT2D eigenvalue weighted by Crippen LogP contribution is 2.29. The van der Waals surface area contributed by atoms with Crippen LogP contribution in [0.3, 0.4) is 0 Å². The number of hydrogen-bond acceptors (Lipinski definition) is 7. The fourth-order valence-corrected chi connectivity index (χ4v) is 3.81. The van der Waals surface area contributed by atoms with Crippen molar-refractivity contribution in [2.45, 2.75) is 11.8 Å². The first-order chi connectivity index (χ1) is 11.4. The number of hydrazone groups is 1. The van der Waals surface area contributed by atoms with Gasteiger partial charge in [-0.3, -0.25) is 15.2 Å². The first-order valence-electron chi connectivity index (χ1n) is 6.90. The van der Waals surface area contributed by atoms with Gasteiger partial charge in [-0.1, -0.05) is 12.1 Å². The number of carbonyl (C=O) groups is 1. The topological polar surface area (TPSA) is 125 Å². The molecule has 0 saturated heterocycles. The number of aromatic nitrogens is 2. The molecule has 1 aliphatic heterocycles. The Kier molecular flexibility index (Phi) is 3.89. The van der Waals surface area contributed by atoms with Crippen LogP contribution < -0.4 is 11.1 Å². The molecule has 2 heterocycles. The van der Waals surface area contributed by atoms with Crippen molar-refractivity contribution < 1.29 is 13.2 Å². The van der Waals surface area contributed by atoms with Crippen molar-refractivity contribution in [3.05, 3.63) is 52.6 Å². The van der Waals surface area contributed by atoms with Crippen LogP contribution in [0.15, 0.2) is 51.3 Å². The number of fused-ring (bicyclic) bond motifs is 1. The minimum Gasteiger partial charge on any atom is -0.291 e. The molecule has 1 aromatic heterocycles. The minimum absolute atomic E-state index is 0.00535. The summed E-state index contributed by atoms with van der Waals surface area (Å²) in [6, 6.07) is 7.54. The molecule has 2 aromatic rings. The van der Waals surface area contributed by atoms with Gasteiger partial charge in [0.1, 0.15) is 10.7 Å². The van der Waals surface area contributed by atoms with Crippen LogP contribution in [0.5, 0.6) is 0 Å². The van der Waals surface area contributed by atoms with Gasteiger partial charge in [0.05, 0.1) is 17.8 Å². The summed E-state index contributed by atoms with van der Waals surface area (Å²) in [5.74, 6) is -0.286. The van der Waals surface area contributed by atoms with Gasteiger partial charge >= 0.3 is 5.69 Å². The van der Waals surface area contributed by atoms with E-state index in [-0.39, 0.29) is 17.0 Å². The lowest BCUT2D eigenvalue weighted by Crippen LogP contribution is -2.34. The molecule has 0 aliphatic carbocycles. The van der Waals surface area contributed by atoms with E-state index in [4.69, 9.17) is 0 Å². The van der Waals surface area contributed by atoms with Gasteiger partial charge in [-0.15, -0.1) is 0 Å². The summed E-state index contributed by atoms with van der Waals surface area (Å²) < 4.78 is 25.6. The molecule has 0 atom stereocenters. The fraction of sp³-hybridized carbons (Fsp3) is 0.143. The van der Waals surface area contributed by atoms with Gasteiger partial charge in [0, 0.05) is 6.20 Å². The Morgan fingerprint density at radius 1 is 1.29 bits per heavy atom. The van der Waals surface area contributed by atoms with Crippen molar-refractivity contribution in [1.82, 2.24) is 14.3 Å². The summed E-state index contributed by atoms with van der Waals surface area (Å²) >= 11 is 0. The third-order valence-electron chi connectivity index (χ3n) is 3.33. The molecular formula is C14H13N5O4S. The van der Waals surface area contributed by atoms with E-state index in [0.717, 1.165) is 4.31 Å². The van der Waals surface area contributed by atoms with Gasteiger partial charge in [-0.2, -0.15) is 5.10 Å². The molecule has 9 nitrogen and oxygen atoms in total. The summed E-state index contributed by atoms with van der Waals surface area (Å²) in [5, 5.41) is 3.97. The van der Waals surface area contributed by atoms with Gasteiger partial charge < -0.3 is 0 Å². The van der Waals surface area contributed by atoms with Gasteiger partial charge in [0.25, 0.3) is 15.9 Å². The largest absolute Gasteiger partial charge is 0.346 e. The molecule has 3 rings (SSSR count). The van der Waals surface area contributed by atoms with Crippen LogP contribution in [-0.4, -0.2) is 40.9 Å². The van der Waals surface area contributed by atoms with Gasteiger partial charge in [-0.25, -0.2) is 22.5 Å². The number of carbonyl (C=O) groups excluding carboxylic acids is 1. The van der Waals surface area contributed by atoms with Crippen molar-refractivity contribution in [2.24, 2.45) is 5.10 Å². The number of benzene rings is 1. The van der Waals surface area contributed by atoms with E-state index in [2.05, 4.69) is 20.5 Å². The summed E-state index contributed by atoms with van der Waals surface area (Å²) in [6.45, 7) is 1.37. The third-order valence-corrected chi connectivity index (χ3v) is 5.11. The van der Waals surface area contributed by atoms with Gasteiger partial charge in [0.2, 0.25) is 0 Å². The van der Waals surface area contributed by atoms with Crippen molar-refractivity contribution in [2.75, 3.05) is 12.0 Å². The predicted octanol–water partition coefficient (Wildman–Crippen LogP) is 0.402. The van der Waals surface area contributed by atoms with E-state index in [1.54, 1.807) is 19.1 Å². The Morgan fingerprint density at radius 2 is 2.04 bits per heavy atom. The molecule has 1 aliphatic rings. The molecule has 10 heteroatoms. The second-order valence-electron chi connectivity index (χ2n) is 5.06. The minimum atomic E-state index is -3.87. The Labute approximate surface area is 137 Å². The lowest BCUT2D eigenvalue weighted by molar-refractivity contribution is 0.0883. The van der Waals surface area contributed by atoms with E-state index >= 15 is 0 Å². The number of anilines is 1. The highest BCUT2D eigenvalue weighted by atomic mass is 32.2. The summed E-state index contributed by atoms with van der Waals surface area (Å²) in [7, 11) is -3.87. The molecular weight excluding hydrogens is 334 g/mol. The number of rotatable bonds is 4. The molecule has 2 N–H and O–H groups in total. The monoisotopic (exact) mass is 347 g/mol. The van der Waals surface area contributed by atoms with Crippen LogP contribution in [-0.2, 0) is 10.0 Å². The van der Waals surface area contributed by atoms with Crippen LogP contribution in [0.4, 0.5) is 5.82 Å². The predicted molar refractivity (Wildman–Crippen MR) is 86.3 cm³/mol. The van der Waals surface area contributed by atoms with Gasteiger partial charge in [0.15, 0.2) is 0 Å². The summed E-state index contributed by atoms with van der Waals surface area (Å²) in [4.78, 5) is 29.2. The van der Waals surface area contributed by atoms with Crippen LogP contribution in [0.25, 0.3) is 0 Å². The number of aromatic amines is 1. The average Bonchev–Trinajstić information content (AvgIpc) is 2.75. The highest BCUT2D eigenvalue weighted by Gasteiger charge is 2.40. The summed E-state index contributed by atoms with van der Waals surface area (Å²) in [6.07, 6.45) is 1.30. The zero-order valence-electron chi connectivity index (χ0n) is 12.6. The molecule has 1 amide bonds. The van der Waals surface area contributed by atoms with Crippen molar-refractivity contribution in [1.29, 1.82) is 0 Å². The molecule has 0 saturated carbocycles. The van der Waals surface area contributed by atoms with Crippen molar-refractivity contribution in [3.63, 3.8) is 0 Å². The van der Waals surface area contributed by atoms with E-state index in [1.807, 2.05) is 0 Å². The summed E-state index contributed by atoms with van der Waals surface area (Å²) in [5.41, 5.74) is 2.54. The molecule has 124 valence electrons. The van der Waals surface area contributed by atoms with Crippen LogP contribution in [0, 0.1) is 0 Å². The third kappa shape index (κ3) is 2.78. The average molecular weight is 347 g/mol. The van der Waals surface area contributed by atoms with E-state index in [9.17, 15) is 18.0 Å². The molecule has 24 heavy (non-hydrogen) atoms. The molecule has 0 radical (unpaired) electrons. The first kappa shape index (κ1) is 15.9. The van der Waals surface area contributed by atoms with Crippen LogP contribution >= 0.6 is 0 Å². The number of nitrogens with zero attached hydrogens (tertiary/aromatic N) is 3. The maximum atomic E-state index is 12.4. The fourth-order valence-electron chi connectivity index (χ4n) is 2.22. The Hall–Kier alpha value is -3.01. The Morgan fingerprint density at radius 3 is 2.75 bits per heavy atom. The zero-order valence-corrected chi connectivity index (χ0v) is 13.4. The standard InChI is InChI=1S/C14H13N5O4S/c1-9(17-18-12-6-7-15-14(21)16-12)8-19-13(20)10-4-2-3-5-11(10)24(19,22)23/h2-7H,8H2,1H3,(H2,15,16,18,21)/b17-9-. The second-order valence-corrected chi connectivity index (χ2v) is 6.89. The van der Waals surface area contributed by atoms with Crippen molar-refractivity contribution >= 4 is 27.5 Å².